The fraction of sp³-hybridized carbons (Fsp3) is 0.273. The zero-order chi connectivity index (χ0) is 12.3. The normalized spacial score (nSPS) is 10.7. The number of ether oxygens (including phenoxy) is 1. The molecule has 17 heavy (non-hydrogen) atoms. The zero-order valence-electron chi connectivity index (χ0n) is 9.31. The molecule has 1 heterocycles. The number of hydrogen-bond donors (Lipinski definition) is 1. The summed E-state index contributed by atoms with van der Waals surface area (Å²) in [6.07, 6.45) is 0.605. The van der Waals surface area contributed by atoms with Gasteiger partial charge in [-0.2, -0.15) is 4.98 Å². The largest absolute Gasteiger partial charge is 0.398 e. The Hall–Kier alpha value is -1.59. The molecule has 0 unspecified atom stereocenters. The number of rotatable bonds is 4. The van der Waals surface area contributed by atoms with Gasteiger partial charge in [-0.05, 0) is 18.2 Å². The maximum atomic E-state index is 5.83. The lowest BCUT2D eigenvalue weighted by molar-refractivity contribution is 0.199. The van der Waals surface area contributed by atoms with Crippen LogP contribution in [0.4, 0.5) is 5.69 Å². The Labute approximate surface area is 104 Å². The van der Waals surface area contributed by atoms with Crippen LogP contribution in [0, 0.1) is 0 Å². The van der Waals surface area contributed by atoms with Crippen LogP contribution >= 0.6 is 11.6 Å². The first-order valence-corrected chi connectivity index (χ1v) is 5.45. The standard InChI is InChI=1S/C11H12ClN3O2/c1-16-5-4-10-14-11(17-15-10)8-3-2-7(12)6-9(8)13/h2-3,6H,4-5,13H2,1H3. The average molecular weight is 254 g/mol. The molecular formula is C11H12ClN3O2. The highest BCUT2D eigenvalue weighted by atomic mass is 35.5. The second kappa shape index (κ2) is 5.16. The van der Waals surface area contributed by atoms with E-state index in [2.05, 4.69) is 10.1 Å². The minimum absolute atomic E-state index is 0.394. The molecule has 90 valence electrons. The van der Waals surface area contributed by atoms with E-state index in [9.17, 15) is 0 Å². The molecule has 0 aliphatic carbocycles. The van der Waals surface area contributed by atoms with Crippen molar-refractivity contribution in [3.8, 4) is 11.5 Å². The van der Waals surface area contributed by atoms with Crippen LogP contribution in [-0.2, 0) is 11.2 Å². The summed E-state index contributed by atoms with van der Waals surface area (Å²) in [5, 5.41) is 4.41. The van der Waals surface area contributed by atoms with Gasteiger partial charge >= 0.3 is 0 Å². The lowest BCUT2D eigenvalue weighted by Gasteiger charge is -2.00. The summed E-state index contributed by atoms with van der Waals surface area (Å²) in [5.41, 5.74) is 7.02. The first kappa shape index (κ1) is 11.9. The summed E-state index contributed by atoms with van der Waals surface area (Å²) in [7, 11) is 1.62. The Morgan fingerprint density at radius 2 is 2.29 bits per heavy atom. The van der Waals surface area contributed by atoms with Gasteiger partial charge in [-0.15, -0.1) is 0 Å². The van der Waals surface area contributed by atoms with Crippen molar-refractivity contribution in [1.82, 2.24) is 10.1 Å². The van der Waals surface area contributed by atoms with Crippen LogP contribution in [0.1, 0.15) is 5.82 Å². The van der Waals surface area contributed by atoms with E-state index in [0.717, 1.165) is 0 Å². The van der Waals surface area contributed by atoms with Gasteiger partial charge in [0, 0.05) is 24.2 Å². The third-order valence-electron chi connectivity index (χ3n) is 2.24. The molecule has 0 saturated heterocycles. The van der Waals surface area contributed by atoms with Crippen LogP contribution in [0.3, 0.4) is 0 Å². The molecule has 0 bridgehead atoms. The highest BCUT2D eigenvalue weighted by molar-refractivity contribution is 6.31. The third-order valence-corrected chi connectivity index (χ3v) is 2.48. The van der Waals surface area contributed by atoms with Gasteiger partial charge in [0.15, 0.2) is 5.82 Å². The molecule has 2 N–H and O–H groups in total. The van der Waals surface area contributed by atoms with Gasteiger partial charge in [0.1, 0.15) is 0 Å². The van der Waals surface area contributed by atoms with E-state index in [4.69, 9.17) is 26.6 Å². The second-order valence-electron chi connectivity index (χ2n) is 3.49. The minimum Gasteiger partial charge on any atom is -0.398 e. The fourth-order valence-corrected chi connectivity index (χ4v) is 1.57. The summed E-state index contributed by atoms with van der Waals surface area (Å²) in [5.74, 6) is 0.987. The lowest BCUT2D eigenvalue weighted by Crippen LogP contribution is -1.96. The Morgan fingerprint density at radius 3 is 3.00 bits per heavy atom. The Bertz CT molecular complexity index is 513. The summed E-state index contributed by atoms with van der Waals surface area (Å²) in [6.45, 7) is 0.551. The lowest BCUT2D eigenvalue weighted by atomic mass is 10.2. The van der Waals surface area contributed by atoms with Gasteiger partial charge in [0.2, 0.25) is 0 Å². The van der Waals surface area contributed by atoms with Crippen molar-refractivity contribution in [2.45, 2.75) is 6.42 Å². The van der Waals surface area contributed by atoms with Crippen LogP contribution in [0.15, 0.2) is 22.7 Å². The maximum absolute atomic E-state index is 5.83. The zero-order valence-corrected chi connectivity index (χ0v) is 10.1. The molecule has 5 nitrogen and oxygen atoms in total. The first-order valence-electron chi connectivity index (χ1n) is 5.07. The summed E-state index contributed by atoms with van der Waals surface area (Å²) in [4.78, 5) is 4.23. The number of aromatic nitrogens is 2. The van der Waals surface area contributed by atoms with E-state index in [1.165, 1.54) is 0 Å². The second-order valence-corrected chi connectivity index (χ2v) is 3.93. The van der Waals surface area contributed by atoms with Gasteiger partial charge in [0.05, 0.1) is 12.2 Å². The third kappa shape index (κ3) is 2.75. The number of benzene rings is 1. The number of nitrogen functional groups attached to an aromatic ring is 1. The van der Waals surface area contributed by atoms with Crippen LogP contribution in [-0.4, -0.2) is 23.9 Å². The quantitative estimate of drug-likeness (QED) is 0.845. The van der Waals surface area contributed by atoms with Crippen LogP contribution in [0.25, 0.3) is 11.5 Å². The summed E-state index contributed by atoms with van der Waals surface area (Å²) >= 11 is 5.81. The van der Waals surface area contributed by atoms with Gasteiger partial charge in [-0.25, -0.2) is 0 Å². The maximum Gasteiger partial charge on any atom is 0.260 e. The number of nitrogens with two attached hydrogens (primary N) is 1. The molecule has 6 heteroatoms. The Balaban J connectivity index is 2.24. The minimum atomic E-state index is 0.394. The number of anilines is 1. The molecule has 0 aliphatic rings. The van der Waals surface area contributed by atoms with Crippen LogP contribution < -0.4 is 5.73 Å². The molecule has 0 fully saturated rings. The van der Waals surface area contributed by atoms with E-state index < -0.39 is 0 Å². The predicted molar refractivity (Wildman–Crippen MR) is 64.7 cm³/mol. The molecule has 2 rings (SSSR count). The molecular weight excluding hydrogens is 242 g/mol. The monoisotopic (exact) mass is 253 g/mol. The number of methoxy groups -OCH3 is 1. The summed E-state index contributed by atoms with van der Waals surface area (Å²) in [6, 6.07) is 5.13. The summed E-state index contributed by atoms with van der Waals surface area (Å²) < 4.78 is 10.1. The smallest absolute Gasteiger partial charge is 0.260 e. The fourth-order valence-electron chi connectivity index (χ4n) is 1.39. The number of halogens is 1. The van der Waals surface area contributed by atoms with Crippen molar-refractivity contribution >= 4 is 17.3 Å². The predicted octanol–water partition coefficient (Wildman–Crippen LogP) is 2.16. The van der Waals surface area contributed by atoms with Gasteiger partial charge in [-0.3, -0.25) is 0 Å². The Kier molecular flexibility index (Phi) is 3.61. The molecule has 0 radical (unpaired) electrons. The van der Waals surface area contributed by atoms with Crippen molar-refractivity contribution in [2.24, 2.45) is 0 Å². The van der Waals surface area contributed by atoms with Gasteiger partial charge in [-0.1, -0.05) is 16.8 Å². The molecule has 0 saturated carbocycles. The molecule has 2 aromatic rings. The van der Waals surface area contributed by atoms with Gasteiger partial charge in [0.25, 0.3) is 5.89 Å². The van der Waals surface area contributed by atoms with Crippen molar-refractivity contribution in [3.05, 3.63) is 29.0 Å². The average Bonchev–Trinajstić information content (AvgIpc) is 2.75. The van der Waals surface area contributed by atoms with Crippen molar-refractivity contribution in [3.63, 3.8) is 0 Å². The van der Waals surface area contributed by atoms with E-state index in [-0.39, 0.29) is 0 Å². The highest BCUT2D eigenvalue weighted by Gasteiger charge is 2.11. The number of nitrogens with zero attached hydrogens (tertiary/aromatic N) is 2. The first-order chi connectivity index (χ1) is 8.20. The van der Waals surface area contributed by atoms with E-state index >= 15 is 0 Å². The molecule has 1 aromatic heterocycles. The van der Waals surface area contributed by atoms with Gasteiger partial charge < -0.3 is 15.0 Å². The highest BCUT2D eigenvalue weighted by Crippen LogP contribution is 2.26. The molecule has 1 aromatic carbocycles. The van der Waals surface area contributed by atoms with E-state index in [1.54, 1.807) is 25.3 Å². The van der Waals surface area contributed by atoms with Crippen LogP contribution in [0.5, 0.6) is 0 Å². The van der Waals surface area contributed by atoms with E-state index in [1.807, 2.05) is 0 Å². The van der Waals surface area contributed by atoms with Crippen molar-refractivity contribution < 1.29 is 9.26 Å². The van der Waals surface area contributed by atoms with Crippen molar-refractivity contribution in [1.29, 1.82) is 0 Å². The molecule has 0 aliphatic heterocycles. The van der Waals surface area contributed by atoms with E-state index in [0.29, 0.717) is 41.0 Å². The molecule has 0 atom stereocenters. The number of hydrogen-bond acceptors (Lipinski definition) is 5. The topological polar surface area (TPSA) is 74.2 Å². The van der Waals surface area contributed by atoms with Crippen LogP contribution in [0.2, 0.25) is 5.02 Å². The Morgan fingerprint density at radius 1 is 1.47 bits per heavy atom. The molecule has 0 amide bonds. The van der Waals surface area contributed by atoms with Crippen molar-refractivity contribution in [2.75, 3.05) is 19.5 Å². The molecule has 0 spiro atoms. The SMILES string of the molecule is COCCc1noc(-c2ccc(Cl)cc2N)n1.